The zero-order valence-corrected chi connectivity index (χ0v) is 22.8. The lowest BCUT2D eigenvalue weighted by Crippen LogP contribution is -2.48. The Kier molecular flexibility index (Phi) is 8.11. The highest BCUT2D eigenvalue weighted by Gasteiger charge is 2.34. The van der Waals surface area contributed by atoms with E-state index >= 15 is 0 Å². The second-order valence-electron chi connectivity index (χ2n) is 9.35. The van der Waals surface area contributed by atoms with Gasteiger partial charge in [0, 0.05) is 35.3 Å². The number of morpholine rings is 1. The summed E-state index contributed by atoms with van der Waals surface area (Å²) in [6.07, 6.45) is 0.887. The number of methoxy groups -OCH3 is 3. The summed E-state index contributed by atoms with van der Waals surface area (Å²) >= 11 is 6.47. The smallest absolute Gasteiger partial charge is 0.336 e. The van der Waals surface area contributed by atoms with E-state index in [0.29, 0.717) is 29.5 Å². The number of nitrogens with zero attached hydrogens (tertiary/aromatic N) is 2. The van der Waals surface area contributed by atoms with Crippen LogP contribution in [0.5, 0.6) is 11.5 Å². The molecule has 2 aliphatic heterocycles. The third-order valence-corrected chi connectivity index (χ3v) is 7.40. The van der Waals surface area contributed by atoms with Gasteiger partial charge in [0.2, 0.25) is 5.91 Å². The summed E-state index contributed by atoms with van der Waals surface area (Å²) in [5.74, 6) is 0.600. The van der Waals surface area contributed by atoms with Crippen LogP contribution in [-0.2, 0) is 23.8 Å². The average molecular weight is 555 g/mol. The van der Waals surface area contributed by atoms with E-state index in [1.807, 2.05) is 54.7 Å². The lowest BCUT2D eigenvalue weighted by Gasteiger charge is -2.32. The van der Waals surface area contributed by atoms with Crippen molar-refractivity contribution in [2.24, 2.45) is 0 Å². The van der Waals surface area contributed by atoms with Gasteiger partial charge in [-0.15, -0.1) is 0 Å². The summed E-state index contributed by atoms with van der Waals surface area (Å²) < 4.78 is 30.5. The topological polar surface area (TPSA) is 88.5 Å². The van der Waals surface area contributed by atoms with Gasteiger partial charge < -0.3 is 33.2 Å². The Bertz CT molecular complexity index is 1360. The molecule has 10 heteroatoms. The van der Waals surface area contributed by atoms with Crippen molar-refractivity contribution in [3.8, 4) is 17.2 Å². The zero-order valence-electron chi connectivity index (χ0n) is 22.1. The van der Waals surface area contributed by atoms with Crippen molar-refractivity contribution in [1.29, 1.82) is 0 Å². The van der Waals surface area contributed by atoms with E-state index in [4.69, 9.17) is 35.3 Å². The number of halogens is 1. The normalized spacial score (nSPS) is 20.4. The van der Waals surface area contributed by atoms with Crippen LogP contribution in [0.25, 0.3) is 5.69 Å². The fraction of sp³-hybridized carbons (Fsp3) is 0.379. The van der Waals surface area contributed by atoms with Gasteiger partial charge in [0.25, 0.3) is 0 Å². The summed E-state index contributed by atoms with van der Waals surface area (Å²) in [6, 6.07) is 15.4. The zero-order chi connectivity index (χ0) is 27.5. The number of carbonyl (C=O) groups is 2. The lowest BCUT2D eigenvalue weighted by molar-refractivity contribution is -0.162. The molecular weight excluding hydrogens is 524 g/mol. The third kappa shape index (κ3) is 5.34. The highest BCUT2D eigenvalue weighted by Crippen LogP contribution is 2.46. The molecule has 0 spiro atoms. The first-order valence-electron chi connectivity index (χ1n) is 12.8. The number of amides is 1. The van der Waals surface area contributed by atoms with Crippen LogP contribution in [-0.4, -0.2) is 68.5 Å². The summed E-state index contributed by atoms with van der Waals surface area (Å²) in [4.78, 5) is 26.8. The molecule has 3 heterocycles. The monoisotopic (exact) mass is 554 g/mol. The second kappa shape index (κ2) is 11.7. The highest BCUT2D eigenvalue weighted by molar-refractivity contribution is 6.30. The first-order chi connectivity index (χ1) is 18.9. The van der Waals surface area contributed by atoms with Gasteiger partial charge in [-0.1, -0.05) is 23.7 Å². The van der Waals surface area contributed by atoms with Crippen LogP contribution in [0.15, 0.2) is 54.7 Å². The Hall–Kier alpha value is -3.53. The van der Waals surface area contributed by atoms with Crippen molar-refractivity contribution in [2.75, 3.05) is 41.0 Å². The van der Waals surface area contributed by atoms with Crippen molar-refractivity contribution in [1.82, 2.24) is 9.47 Å². The summed E-state index contributed by atoms with van der Waals surface area (Å²) in [7, 11) is 4.50. The highest BCUT2D eigenvalue weighted by atomic mass is 35.5. The van der Waals surface area contributed by atoms with Crippen LogP contribution in [0.4, 0.5) is 0 Å². The lowest BCUT2D eigenvalue weighted by atomic mass is 9.98. The summed E-state index contributed by atoms with van der Waals surface area (Å²) in [5, 5.41) is 0.582. The Morgan fingerprint density at radius 2 is 1.90 bits per heavy atom. The summed E-state index contributed by atoms with van der Waals surface area (Å²) in [5.41, 5.74) is 3.51. The molecule has 2 aromatic carbocycles. The molecule has 1 fully saturated rings. The molecule has 0 bridgehead atoms. The van der Waals surface area contributed by atoms with E-state index in [-0.39, 0.29) is 25.5 Å². The molecule has 206 valence electrons. The van der Waals surface area contributed by atoms with Crippen LogP contribution < -0.4 is 9.47 Å². The number of hydrogen-bond donors (Lipinski definition) is 0. The number of esters is 1. The maximum atomic E-state index is 13.2. The minimum atomic E-state index is -0.775. The molecule has 3 atom stereocenters. The molecule has 5 rings (SSSR count). The van der Waals surface area contributed by atoms with Crippen LogP contribution in [0.1, 0.15) is 41.9 Å². The number of benzene rings is 2. The van der Waals surface area contributed by atoms with Crippen LogP contribution >= 0.6 is 11.6 Å². The quantitative estimate of drug-likeness (QED) is 0.398. The maximum Gasteiger partial charge on any atom is 0.336 e. The largest absolute Gasteiger partial charge is 0.493 e. The Morgan fingerprint density at radius 1 is 1.05 bits per heavy atom. The SMILES string of the molecule is COC(=O)C1CN(C(=O)CC[C@H]2O[C@H](c3cccc(OC)c3OC)c3cc(Cl)ccc3-n3cccc32)CCO1. The van der Waals surface area contributed by atoms with E-state index in [2.05, 4.69) is 4.57 Å². The van der Waals surface area contributed by atoms with Gasteiger partial charge >= 0.3 is 5.97 Å². The first kappa shape index (κ1) is 27.1. The number of ether oxygens (including phenoxy) is 5. The molecule has 2 aliphatic rings. The molecule has 1 amide bonds. The minimum absolute atomic E-state index is 0.0748. The van der Waals surface area contributed by atoms with Gasteiger partial charge in [0.15, 0.2) is 17.6 Å². The van der Waals surface area contributed by atoms with Crippen molar-refractivity contribution in [2.45, 2.75) is 31.2 Å². The Balaban J connectivity index is 1.47. The minimum Gasteiger partial charge on any atom is -0.493 e. The molecule has 9 nitrogen and oxygen atoms in total. The predicted molar refractivity (Wildman–Crippen MR) is 144 cm³/mol. The van der Waals surface area contributed by atoms with Gasteiger partial charge in [0.05, 0.1) is 52.0 Å². The predicted octanol–water partition coefficient (Wildman–Crippen LogP) is 4.49. The van der Waals surface area contributed by atoms with Crippen molar-refractivity contribution < 1.29 is 33.3 Å². The molecule has 0 aliphatic carbocycles. The molecule has 1 aromatic heterocycles. The van der Waals surface area contributed by atoms with Gasteiger partial charge in [-0.25, -0.2) is 4.79 Å². The standard InChI is InChI=1S/C29H31ClN2O7/c1-35-24-8-4-6-19(28(24)36-2)27-20-16-18(30)9-10-21(20)32-13-5-7-22(32)23(39-27)11-12-26(33)31-14-15-38-25(17-31)29(34)37-3/h4-10,13,16,23,25,27H,11-12,14-15,17H2,1-3H3/t23-,25?,27-/m1/s1. The molecule has 0 N–H and O–H groups in total. The van der Waals surface area contributed by atoms with Gasteiger partial charge in [-0.2, -0.15) is 0 Å². The van der Waals surface area contributed by atoms with E-state index in [9.17, 15) is 9.59 Å². The van der Waals surface area contributed by atoms with Crippen molar-refractivity contribution >= 4 is 23.5 Å². The van der Waals surface area contributed by atoms with Crippen molar-refractivity contribution in [3.05, 3.63) is 76.6 Å². The Morgan fingerprint density at radius 3 is 2.67 bits per heavy atom. The molecule has 0 radical (unpaired) electrons. The molecule has 1 unspecified atom stereocenters. The van der Waals surface area contributed by atoms with E-state index in [1.54, 1.807) is 19.1 Å². The van der Waals surface area contributed by atoms with E-state index in [0.717, 1.165) is 22.5 Å². The van der Waals surface area contributed by atoms with E-state index in [1.165, 1.54) is 7.11 Å². The molecule has 1 saturated heterocycles. The maximum absolute atomic E-state index is 13.2. The summed E-state index contributed by atoms with van der Waals surface area (Å²) in [6.45, 7) is 0.866. The fourth-order valence-corrected chi connectivity index (χ4v) is 5.46. The average Bonchev–Trinajstić information content (AvgIpc) is 3.41. The van der Waals surface area contributed by atoms with Crippen LogP contribution in [0.3, 0.4) is 0 Å². The molecule has 0 saturated carbocycles. The van der Waals surface area contributed by atoms with Gasteiger partial charge in [-0.3, -0.25) is 4.79 Å². The fourth-order valence-electron chi connectivity index (χ4n) is 5.28. The van der Waals surface area contributed by atoms with Gasteiger partial charge in [0.1, 0.15) is 6.10 Å². The number of fused-ring (bicyclic) bond motifs is 3. The van der Waals surface area contributed by atoms with Crippen molar-refractivity contribution in [3.63, 3.8) is 0 Å². The van der Waals surface area contributed by atoms with E-state index < -0.39 is 24.3 Å². The third-order valence-electron chi connectivity index (χ3n) is 7.16. The molecule has 39 heavy (non-hydrogen) atoms. The number of para-hydroxylation sites is 1. The van der Waals surface area contributed by atoms with Crippen LogP contribution in [0, 0.1) is 0 Å². The number of rotatable bonds is 7. The Labute approximate surface area is 232 Å². The number of hydrogen-bond acceptors (Lipinski definition) is 7. The first-order valence-corrected chi connectivity index (χ1v) is 13.1. The van der Waals surface area contributed by atoms with Gasteiger partial charge in [-0.05, 0) is 42.8 Å². The number of aromatic nitrogens is 1. The molecule has 3 aromatic rings. The molecular formula is C29H31ClN2O7. The second-order valence-corrected chi connectivity index (χ2v) is 9.79. The van der Waals surface area contributed by atoms with Crippen LogP contribution in [0.2, 0.25) is 5.02 Å². The number of carbonyl (C=O) groups excluding carboxylic acids is 2.